The Morgan fingerprint density at radius 2 is 0.806 bits per heavy atom. The van der Waals surface area contributed by atoms with E-state index >= 15 is 0 Å². The average Bonchev–Trinajstić information content (AvgIpc) is 3.94. The molecule has 0 aliphatic carbocycles. The van der Waals surface area contributed by atoms with Crippen molar-refractivity contribution in [3.05, 3.63) is 242 Å². The molecule has 12 rings (SSSR count). The first-order valence-electron chi connectivity index (χ1n) is 24.3. The largest absolute Gasteiger partial charge is 0.309 e. The highest BCUT2D eigenvalue weighted by Gasteiger charge is 2.19. The smallest absolute Gasteiger partial charge is 0.0645 e. The molecular weight excluding hydrogens is 749 g/mol. The lowest BCUT2D eigenvalue weighted by Gasteiger charge is -2.11. The van der Waals surface area contributed by atoms with Crippen LogP contribution in [-0.2, 0) is 0 Å². The van der Waals surface area contributed by atoms with Gasteiger partial charge in [0.05, 0.1) is 31.7 Å². The third-order valence-corrected chi connectivity index (χ3v) is 11.9. The van der Waals surface area contributed by atoms with Crippen LogP contribution in [0.25, 0.3) is 111 Å². The summed E-state index contributed by atoms with van der Waals surface area (Å²) in [6.07, 6.45) is 0. The topological polar surface area (TPSA) is 9.86 Å². The highest BCUT2D eigenvalue weighted by Crippen LogP contribution is 2.42. The zero-order chi connectivity index (χ0) is 47.1. The molecule has 0 saturated carbocycles. The van der Waals surface area contributed by atoms with Gasteiger partial charge in [-0.3, -0.25) is 0 Å². The van der Waals surface area contributed by atoms with Gasteiger partial charge in [-0.05, 0) is 122 Å². The van der Waals surface area contributed by atoms with Gasteiger partial charge in [0.15, 0.2) is 0 Å². The monoisotopic (exact) mass is 795 g/mol. The molecule has 290 valence electrons. The second kappa shape index (κ2) is 14.8. The average molecular weight is 796 g/mol. The number of aromatic nitrogens is 2. The molecule has 0 unspecified atom stereocenters. The van der Waals surface area contributed by atoms with Gasteiger partial charge < -0.3 is 9.13 Å². The van der Waals surface area contributed by atoms with Crippen LogP contribution >= 0.6 is 0 Å². The van der Waals surface area contributed by atoms with Crippen LogP contribution < -0.4 is 0 Å². The van der Waals surface area contributed by atoms with Gasteiger partial charge in [0.25, 0.3) is 0 Å². The van der Waals surface area contributed by atoms with Crippen LogP contribution in [-0.4, -0.2) is 9.13 Å². The molecule has 2 aromatic heterocycles. The van der Waals surface area contributed by atoms with Crippen LogP contribution in [0.3, 0.4) is 0 Å². The van der Waals surface area contributed by atoms with Crippen LogP contribution in [0.4, 0.5) is 0 Å². The Labute approximate surface area is 370 Å². The first-order valence-corrected chi connectivity index (χ1v) is 20.8. The van der Waals surface area contributed by atoms with Crippen molar-refractivity contribution in [1.29, 1.82) is 0 Å². The molecule has 0 atom stereocenters. The van der Waals surface area contributed by atoms with Gasteiger partial charge in [-0.1, -0.05) is 176 Å². The van der Waals surface area contributed by atoms with Crippen molar-refractivity contribution in [2.24, 2.45) is 0 Å². The van der Waals surface area contributed by atoms with Crippen LogP contribution in [0.15, 0.2) is 242 Å². The number of nitrogens with zero attached hydrogens (tertiary/aromatic N) is 2. The fraction of sp³-hybridized carbons (Fsp3) is 0. The van der Waals surface area contributed by atoms with Crippen molar-refractivity contribution in [1.82, 2.24) is 9.13 Å². The van der Waals surface area contributed by atoms with Gasteiger partial charge in [-0.15, -0.1) is 0 Å². The predicted octanol–water partition coefficient (Wildman–Crippen LogP) is 16.2. The summed E-state index contributed by atoms with van der Waals surface area (Å²) in [5.41, 5.74) is 12.7. The minimum atomic E-state index is -0.429. The maximum Gasteiger partial charge on any atom is 0.0645 e. The predicted molar refractivity (Wildman–Crippen MR) is 262 cm³/mol. The fourth-order valence-electron chi connectivity index (χ4n) is 9.07. The minimum Gasteiger partial charge on any atom is -0.309 e. The molecule has 62 heavy (non-hydrogen) atoms. The zero-order valence-corrected chi connectivity index (χ0v) is 33.4. The second-order valence-electron chi connectivity index (χ2n) is 15.6. The molecule has 0 aliphatic heterocycles. The molecule has 0 amide bonds. The molecule has 0 spiro atoms. The van der Waals surface area contributed by atoms with E-state index < -0.39 is 12.1 Å². The third-order valence-electron chi connectivity index (χ3n) is 11.9. The van der Waals surface area contributed by atoms with Gasteiger partial charge in [-0.25, -0.2) is 0 Å². The molecule has 0 N–H and O–H groups in total. The quantitative estimate of drug-likeness (QED) is 0.152. The summed E-state index contributed by atoms with van der Waals surface area (Å²) in [5, 5.41) is 2.20. The Bertz CT molecular complexity index is 4030. The number of fused-ring (bicyclic) bond motifs is 6. The van der Waals surface area contributed by atoms with Crippen LogP contribution in [0, 0.1) is 0 Å². The Balaban J connectivity index is 1.14. The summed E-state index contributed by atoms with van der Waals surface area (Å²) >= 11 is 0. The van der Waals surface area contributed by atoms with E-state index in [2.05, 4.69) is 95.6 Å². The van der Waals surface area contributed by atoms with E-state index in [1.165, 1.54) is 0 Å². The van der Waals surface area contributed by atoms with Crippen molar-refractivity contribution >= 4 is 43.6 Å². The minimum absolute atomic E-state index is 0.0894. The molecule has 0 fully saturated rings. The van der Waals surface area contributed by atoms with Gasteiger partial charge >= 0.3 is 0 Å². The maximum absolute atomic E-state index is 10.1. The fourth-order valence-corrected chi connectivity index (χ4v) is 9.07. The van der Waals surface area contributed by atoms with Crippen molar-refractivity contribution < 1.29 is 9.60 Å². The highest BCUT2D eigenvalue weighted by atomic mass is 15.0. The molecule has 2 heteroatoms. The third kappa shape index (κ3) is 6.04. The van der Waals surface area contributed by atoms with E-state index in [0.717, 1.165) is 72.0 Å². The molecule has 0 radical (unpaired) electrons. The Hall–Kier alpha value is -8.20. The summed E-state index contributed by atoms with van der Waals surface area (Å²) in [4.78, 5) is 0. The van der Waals surface area contributed by atoms with Gasteiger partial charge in [0.1, 0.15) is 0 Å². The van der Waals surface area contributed by atoms with Crippen LogP contribution in [0.2, 0.25) is 0 Å². The number of para-hydroxylation sites is 1. The Morgan fingerprint density at radius 3 is 1.47 bits per heavy atom. The molecule has 0 aliphatic rings. The maximum atomic E-state index is 10.1. The molecule has 10 aromatic carbocycles. The summed E-state index contributed by atoms with van der Waals surface area (Å²) in [7, 11) is 0. The lowest BCUT2D eigenvalue weighted by molar-refractivity contribution is 1.18. The number of rotatable bonds is 7. The van der Waals surface area contributed by atoms with Gasteiger partial charge in [0.2, 0.25) is 0 Å². The SMILES string of the molecule is [2H]c1c([2H])c([2H])c2c(c1[2H])c1c([2H])c(-c3ccc4c(c3)c3c(-c5cccc(-c6ccccc6)c5)cccc3n4-c3cccc(-c4ccccc4)c3)c([2H])c([2H])c1n2-c1cccc(-c2ccccc2)c1. The van der Waals surface area contributed by atoms with E-state index in [9.17, 15) is 6.85 Å². The van der Waals surface area contributed by atoms with E-state index in [0.29, 0.717) is 11.3 Å². The molecular formula is C60H40N2. The lowest BCUT2D eigenvalue weighted by Crippen LogP contribution is -1.94. The molecule has 12 aromatic rings. The van der Waals surface area contributed by atoms with E-state index in [4.69, 9.17) is 2.74 Å². The zero-order valence-electron chi connectivity index (χ0n) is 40.4. The lowest BCUT2D eigenvalue weighted by atomic mass is 9.95. The number of hydrogen-bond donors (Lipinski definition) is 0. The second-order valence-corrected chi connectivity index (χ2v) is 15.6. The summed E-state index contributed by atoms with van der Waals surface area (Å²) in [6, 6.07) is 65.5. The summed E-state index contributed by atoms with van der Waals surface area (Å²) in [6.45, 7) is 0. The van der Waals surface area contributed by atoms with Crippen LogP contribution in [0.1, 0.15) is 9.60 Å². The molecule has 0 saturated heterocycles. The standard InChI is InChI=1S/C60H40N2/c1-4-16-41(17-5-1)44-22-12-25-49(36-44)52-29-15-31-59-60(52)55-40-48(33-35-58(55)62(59)51-27-14-24-46(38-51)43-20-8-3-9-21-43)47-32-34-57-54(39-47)53-28-10-11-30-56(53)61(57)50-26-13-23-45(37-50)42-18-6-2-7-19-42/h1-40H/i10D,11D,28D,30D,32D,34D,39D. The number of hydrogen-bond acceptors (Lipinski definition) is 0. The Morgan fingerprint density at radius 1 is 0.290 bits per heavy atom. The first-order chi connectivity index (χ1) is 33.7. The van der Waals surface area contributed by atoms with Gasteiger partial charge in [-0.2, -0.15) is 0 Å². The highest BCUT2D eigenvalue weighted by molar-refractivity contribution is 6.17. The summed E-state index contributed by atoms with van der Waals surface area (Å²) < 4.78 is 69.6. The first kappa shape index (κ1) is 29.1. The normalized spacial score (nSPS) is 13.1. The van der Waals surface area contributed by atoms with E-state index in [-0.39, 0.29) is 57.6 Å². The number of benzene rings is 10. The van der Waals surface area contributed by atoms with Crippen LogP contribution in [0.5, 0.6) is 0 Å². The van der Waals surface area contributed by atoms with Gasteiger partial charge in [0, 0.05) is 32.9 Å². The molecule has 0 bridgehead atoms. The molecule has 2 nitrogen and oxygen atoms in total. The summed E-state index contributed by atoms with van der Waals surface area (Å²) in [5.74, 6) is 0. The van der Waals surface area contributed by atoms with E-state index in [1.807, 2.05) is 109 Å². The van der Waals surface area contributed by atoms with Crippen molar-refractivity contribution in [2.75, 3.05) is 0 Å². The Kier molecular flexibility index (Phi) is 6.95. The van der Waals surface area contributed by atoms with E-state index in [1.54, 1.807) is 4.57 Å². The van der Waals surface area contributed by atoms with Crippen molar-refractivity contribution in [3.63, 3.8) is 0 Å². The van der Waals surface area contributed by atoms with Crippen molar-refractivity contribution in [3.8, 4) is 67.0 Å². The molecule has 2 heterocycles. The van der Waals surface area contributed by atoms with Crippen molar-refractivity contribution in [2.45, 2.75) is 0 Å².